The smallest absolute Gasteiger partial charge is 0.325 e. The number of carbonyl (C=O) groups is 1. The molecule has 2 aromatic heterocycles. The molecule has 164 valence electrons. The van der Waals surface area contributed by atoms with Crippen molar-refractivity contribution < 1.29 is 4.79 Å². The summed E-state index contributed by atoms with van der Waals surface area (Å²) in [6.45, 7) is 6.40. The molecule has 0 aliphatic heterocycles. The molecule has 4 rings (SSSR count). The molecule has 0 fully saturated rings. The molecule has 32 heavy (non-hydrogen) atoms. The lowest BCUT2D eigenvalue weighted by molar-refractivity contribution is -0.113. The summed E-state index contributed by atoms with van der Waals surface area (Å²) in [6, 6.07) is 13.5. The molecule has 0 saturated heterocycles. The van der Waals surface area contributed by atoms with Gasteiger partial charge in [0.2, 0.25) is 5.91 Å². The number of hydrogen-bond acceptors (Lipinski definition) is 5. The minimum atomic E-state index is -0.166. The molecular weight excluding hydrogens is 424 g/mol. The molecule has 1 N–H and O–H groups in total. The fourth-order valence-corrected chi connectivity index (χ4v) is 4.35. The number of allylic oxidation sites excluding steroid dienone is 1. The number of anilines is 1. The van der Waals surface area contributed by atoms with E-state index in [2.05, 4.69) is 28.2 Å². The minimum Gasteiger partial charge on any atom is -0.325 e. The zero-order valence-electron chi connectivity index (χ0n) is 18.2. The quantitative estimate of drug-likeness (QED) is 0.346. The standard InChI is InChI=1S/C23H24N6O2S/c1-5-11-29-21(16-8-6-7-15(2)12-16)25-26-22(29)32-14-20(30)24-17-9-10-18-19(13-17)28(4)23(31)27(18)3/h5-10,12-13H,1,11,14H2,2-4H3,(H,24,30). The Morgan fingerprint density at radius 1 is 1.12 bits per heavy atom. The van der Waals surface area contributed by atoms with Crippen LogP contribution in [0.25, 0.3) is 22.4 Å². The minimum absolute atomic E-state index is 0.106. The summed E-state index contributed by atoms with van der Waals surface area (Å²) in [5.41, 5.74) is 4.21. The number of fused-ring (bicyclic) bond motifs is 1. The van der Waals surface area contributed by atoms with Crippen LogP contribution in [0, 0.1) is 6.92 Å². The first-order valence-corrected chi connectivity index (χ1v) is 11.1. The number of hydrogen-bond donors (Lipinski definition) is 1. The van der Waals surface area contributed by atoms with Gasteiger partial charge in [0, 0.05) is 31.9 Å². The van der Waals surface area contributed by atoms with Crippen molar-refractivity contribution >= 4 is 34.4 Å². The normalized spacial score (nSPS) is 11.1. The van der Waals surface area contributed by atoms with Crippen molar-refractivity contribution in [2.75, 3.05) is 11.1 Å². The van der Waals surface area contributed by atoms with E-state index in [1.165, 1.54) is 11.8 Å². The summed E-state index contributed by atoms with van der Waals surface area (Å²) in [5.74, 6) is 0.752. The molecule has 1 amide bonds. The van der Waals surface area contributed by atoms with E-state index < -0.39 is 0 Å². The lowest BCUT2D eigenvalue weighted by atomic mass is 10.1. The van der Waals surface area contributed by atoms with Crippen LogP contribution < -0.4 is 11.0 Å². The number of aryl methyl sites for hydroxylation is 3. The van der Waals surface area contributed by atoms with E-state index in [1.807, 2.05) is 35.8 Å². The number of carbonyl (C=O) groups excluding carboxylic acids is 1. The highest BCUT2D eigenvalue weighted by molar-refractivity contribution is 7.99. The van der Waals surface area contributed by atoms with Gasteiger partial charge in [0.05, 0.1) is 16.8 Å². The van der Waals surface area contributed by atoms with Crippen LogP contribution in [-0.2, 0) is 25.4 Å². The Balaban J connectivity index is 1.49. The van der Waals surface area contributed by atoms with Crippen molar-refractivity contribution in [2.45, 2.75) is 18.6 Å². The molecule has 0 atom stereocenters. The van der Waals surface area contributed by atoms with Gasteiger partial charge in [0.25, 0.3) is 0 Å². The molecule has 0 bridgehead atoms. The summed E-state index contributed by atoms with van der Waals surface area (Å²) in [5, 5.41) is 12.2. The van der Waals surface area contributed by atoms with E-state index in [0.717, 1.165) is 28.0 Å². The second-order valence-electron chi connectivity index (χ2n) is 7.52. The molecule has 9 heteroatoms. The Kier molecular flexibility index (Phi) is 6.00. The maximum absolute atomic E-state index is 12.6. The van der Waals surface area contributed by atoms with Crippen molar-refractivity contribution in [1.29, 1.82) is 0 Å². The monoisotopic (exact) mass is 448 g/mol. The van der Waals surface area contributed by atoms with E-state index in [4.69, 9.17) is 0 Å². The van der Waals surface area contributed by atoms with Gasteiger partial charge in [-0.3, -0.25) is 18.5 Å². The van der Waals surface area contributed by atoms with Gasteiger partial charge in [-0.25, -0.2) is 4.79 Å². The first-order valence-electron chi connectivity index (χ1n) is 10.1. The number of nitrogens with one attached hydrogen (secondary N) is 1. The van der Waals surface area contributed by atoms with Gasteiger partial charge in [-0.05, 0) is 31.2 Å². The van der Waals surface area contributed by atoms with Crippen LogP contribution in [0.3, 0.4) is 0 Å². The van der Waals surface area contributed by atoms with Crippen molar-refractivity contribution in [2.24, 2.45) is 14.1 Å². The maximum atomic E-state index is 12.6. The zero-order chi connectivity index (χ0) is 22.8. The van der Waals surface area contributed by atoms with Gasteiger partial charge in [-0.15, -0.1) is 16.8 Å². The van der Waals surface area contributed by atoms with E-state index in [-0.39, 0.29) is 17.3 Å². The van der Waals surface area contributed by atoms with E-state index in [1.54, 1.807) is 41.4 Å². The predicted molar refractivity (Wildman–Crippen MR) is 128 cm³/mol. The fourth-order valence-electron chi connectivity index (χ4n) is 3.60. The molecule has 2 heterocycles. The summed E-state index contributed by atoms with van der Waals surface area (Å²) < 4.78 is 5.09. The molecule has 0 unspecified atom stereocenters. The van der Waals surface area contributed by atoms with Gasteiger partial charge in [0.1, 0.15) is 0 Å². The van der Waals surface area contributed by atoms with E-state index in [0.29, 0.717) is 17.4 Å². The van der Waals surface area contributed by atoms with Crippen LogP contribution in [0.4, 0.5) is 5.69 Å². The average Bonchev–Trinajstić information content (AvgIpc) is 3.27. The summed E-state index contributed by atoms with van der Waals surface area (Å²) in [7, 11) is 3.44. The summed E-state index contributed by atoms with van der Waals surface area (Å²) in [4.78, 5) is 24.7. The third kappa shape index (κ3) is 4.11. The number of imidazole rings is 1. The summed E-state index contributed by atoms with van der Waals surface area (Å²) in [6.07, 6.45) is 1.78. The number of rotatable bonds is 7. The number of thioether (sulfide) groups is 1. The Morgan fingerprint density at radius 2 is 1.91 bits per heavy atom. The molecule has 0 aliphatic rings. The van der Waals surface area contributed by atoms with Crippen LogP contribution in [0.1, 0.15) is 5.56 Å². The van der Waals surface area contributed by atoms with Gasteiger partial charge in [-0.2, -0.15) is 0 Å². The second-order valence-corrected chi connectivity index (χ2v) is 8.46. The first-order chi connectivity index (χ1) is 15.4. The predicted octanol–water partition coefficient (Wildman–Crippen LogP) is 3.36. The van der Waals surface area contributed by atoms with E-state index >= 15 is 0 Å². The van der Waals surface area contributed by atoms with Crippen LogP contribution in [0.15, 0.2) is 65.1 Å². The molecule has 8 nitrogen and oxygen atoms in total. The second kappa shape index (κ2) is 8.88. The highest BCUT2D eigenvalue weighted by atomic mass is 32.2. The molecule has 2 aromatic carbocycles. The van der Waals surface area contributed by atoms with Crippen LogP contribution in [0.5, 0.6) is 0 Å². The van der Waals surface area contributed by atoms with Crippen LogP contribution in [0.2, 0.25) is 0 Å². The highest BCUT2D eigenvalue weighted by Crippen LogP contribution is 2.25. The largest absolute Gasteiger partial charge is 0.328 e. The van der Waals surface area contributed by atoms with Crippen molar-refractivity contribution in [3.8, 4) is 11.4 Å². The number of amides is 1. The zero-order valence-corrected chi connectivity index (χ0v) is 19.0. The maximum Gasteiger partial charge on any atom is 0.328 e. The third-order valence-electron chi connectivity index (χ3n) is 5.19. The van der Waals surface area contributed by atoms with Crippen LogP contribution >= 0.6 is 11.8 Å². The fraction of sp³-hybridized carbons (Fsp3) is 0.217. The van der Waals surface area contributed by atoms with Gasteiger partial charge >= 0.3 is 5.69 Å². The van der Waals surface area contributed by atoms with Crippen molar-refractivity contribution in [3.63, 3.8) is 0 Å². The molecular formula is C23H24N6O2S. The number of benzene rings is 2. The lowest BCUT2D eigenvalue weighted by Crippen LogP contribution is -2.19. The number of aromatic nitrogens is 5. The summed E-state index contributed by atoms with van der Waals surface area (Å²) >= 11 is 1.32. The Labute approximate surface area is 189 Å². The SMILES string of the molecule is C=CCn1c(SCC(=O)Nc2ccc3c(c2)n(C)c(=O)n3C)nnc1-c1cccc(C)c1. The third-order valence-corrected chi connectivity index (χ3v) is 6.16. The van der Waals surface area contributed by atoms with Gasteiger partial charge in [-0.1, -0.05) is 41.6 Å². The molecule has 0 saturated carbocycles. The molecule has 0 aliphatic carbocycles. The lowest BCUT2D eigenvalue weighted by Gasteiger charge is -2.09. The van der Waals surface area contributed by atoms with Crippen molar-refractivity contribution in [3.05, 3.63) is 71.2 Å². The van der Waals surface area contributed by atoms with Gasteiger partial charge in [0.15, 0.2) is 11.0 Å². The first kappa shape index (κ1) is 21.6. The average molecular weight is 449 g/mol. The van der Waals surface area contributed by atoms with Gasteiger partial charge < -0.3 is 5.32 Å². The Morgan fingerprint density at radius 3 is 2.66 bits per heavy atom. The van der Waals surface area contributed by atoms with Crippen LogP contribution in [-0.4, -0.2) is 35.6 Å². The Bertz CT molecular complexity index is 1380. The Hall–Kier alpha value is -3.59. The molecule has 0 radical (unpaired) electrons. The van der Waals surface area contributed by atoms with E-state index in [9.17, 15) is 9.59 Å². The molecule has 0 spiro atoms. The molecule has 4 aromatic rings. The topological polar surface area (TPSA) is 86.7 Å². The number of nitrogens with zero attached hydrogens (tertiary/aromatic N) is 5. The van der Waals surface area contributed by atoms with Crippen molar-refractivity contribution in [1.82, 2.24) is 23.9 Å². The highest BCUT2D eigenvalue weighted by Gasteiger charge is 2.16.